The highest BCUT2D eigenvalue weighted by molar-refractivity contribution is 5.73. The van der Waals surface area contributed by atoms with E-state index in [1.165, 1.54) is 0 Å². The molecule has 0 radical (unpaired) electrons. The lowest BCUT2D eigenvalue weighted by molar-refractivity contribution is -0.148. The summed E-state index contributed by atoms with van der Waals surface area (Å²) in [6.07, 6.45) is 0. The summed E-state index contributed by atoms with van der Waals surface area (Å²) in [6.45, 7) is 6.11. The first-order valence-electron chi connectivity index (χ1n) is 4.13. The minimum atomic E-state index is -0.0509. The molecule has 1 fully saturated rings. The van der Waals surface area contributed by atoms with Crippen molar-refractivity contribution in [1.82, 2.24) is 5.32 Å². The molecular weight excluding hydrogens is 142 g/mol. The zero-order chi connectivity index (χ0) is 8.27. The Kier molecular flexibility index (Phi) is 2.88. The normalized spacial score (nSPS) is 30.4. The highest BCUT2D eigenvalue weighted by atomic mass is 16.5. The molecule has 0 saturated carbocycles. The summed E-state index contributed by atoms with van der Waals surface area (Å²) in [5.74, 6) is 0.453. The number of ether oxygens (including phenoxy) is 1. The Morgan fingerprint density at radius 2 is 2.36 bits per heavy atom. The van der Waals surface area contributed by atoms with Crippen molar-refractivity contribution in [3.63, 3.8) is 0 Å². The Balaban J connectivity index is 2.39. The summed E-state index contributed by atoms with van der Waals surface area (Å²) < 4.78 is 4.92. The highest BCUT2D eigenvalue weighted by Crippen LogP contribution is 2.16. The van der Waals surface area contributed by atoms with Gasteiger partial charge in [0.05, 0.1) is 12.5 Å². The molecule has 1 rings (SSSR count). The molecular formula is C8H15NO2. The van der Waals surface area contributed by atoms with Crippen LogP contribution in [0.5, 0.6) is 0 Å². The number of rotatable bonds is 2. The molecule has 3 nitrogen and oxygen atoms in total. The SMILES string of the molecule is CCOC(=O)[C@@H]1CNC[C@H]1C. The van der Waals surface area contributed by atoms with E-state index in [1.807, 2.05) is 6.92 Å². The van der Waals surface area contributed by atoms with E-state index >= 15 is 0 Å². The van der Waals surface area contributed by atoms with Crippen LogP contribution in [-0.2, 0) is 9.53 Å². The maximum Gasteiger partial charge on any atom is 0.310 e. The van der Waals surface area contributed by atoms with E-state index in [0.717, 1.165) is 13.1 Å². The number of hydrogen-bond donors (Lipinski definition) is 1. The molecule has 0 aromatic rings. The van der Waals surface area contributed by atoms with Gasteiger partial charge in [0.25, 0.3) is 0 Å². The quantitative estimate of drug-likeness (QED) is 0.590. The molecule has 1 N–H and O–H groups in total. The van der Waals surface area contributed by atoms with Crippen molar-refractivity contribution in [2.24, 2.45) is 11.8 Å². The van der Waals surface area contributed by atoms with Crippen LogP contribution in [0, 0.1) is 11.8 Å². The van der Waals surface area contributed by atoms with Gasteiger partial charge in [-0.25, -0.2) is 0 Å². The molecule has 1 saturated heterocycles. The van der Waals surface area contributed by atoms with Crippen LogP contribution in [0.15, 0.2) is 0 Å². The van der Waals surface area contributed by atoms with Gasteiger partial charge in [0, 0.05) is 6.54 Å². The summed E-state index contributed by atoms with van der Waals surface area (Å²) >= 11 is 0. The van der Waals surface area contributed by atoms with Crippen LogP contribution in [0.3, 0.4) is 0 Å². The lowest BCUT2D eigenvalue weighted by Gasteiger charge is -2.11. The van der Waals surface area contributed by atoms with Crippen LogP contribution >= 0.6 is 0 Å². The monoisotopic (exact) mass is 157 g/mol. The van der Waals surface area contributed by atoms with Gasteiger partial charge in [-0.2, -0.15) is 0 Å². The van der Waals surface area contributed by atoms with E-state index in [1.54, 1.807) is 0 Å². The van der Waals surface area contributed by atoms with E-state index in [-0.39, 0.29) is 11.9 Å². The Hall–Kier alpha value is -0.570. The average Bonchev–Trinajstić information content (AvgIpc) is 2.36. The predicted octanol–water partition coefficient (Wildman–Crippen LogP) is 0.405. The number of carbonyl (C=O) groups excluding carboxylic acids is 1. The molecule has 1 aliphatic rings. The van der Waals surface area contributed by atoms with Gasteiger partial charge in [0.15, 0.2) is 0 Å². The van der Waals surface area contributed by atoms with Crippen molar-refractivity contribution in [3.8, 4) is 0 Å². The van der Waals surface area contributed by atoms with Crippen LogP contribution < -0.4 is 5.32 Å². The highest BCUT2D eigenvalue weighted by Gasteiger charge is 2.30. The van der Waals surface area contributed by atoms with Gasteiger partial charge in [0.2, 0.25) is 0 Å². The summed E-state index contributed by atoms with van der Waals surface area (Å²) in [4.78, 5) is 11.2. The van der Waals surface area contributed by atoms with Gasteiger partial charge in [-0.15, -0.1) is 0 Å². The van der Waals surface area contributed by atoms with Gasteiger partial charge in [-0.1, -0.05) is 6.92 Å². The topological polar surface area (TPSA) is 38.3 Å². The number of nitrogens with one attached hydrogen (secondary N) is 1. The average molecular weight is 157 g/mol. The second-order valence-electron chi connectivity index (χ2n) is 2.99. The van der Waals surface area contributed by atoms with E-state index in [4.69, 9.17) is 4.74 Å². The zero-order valence-electron chi connectivity index (χ0n) is 7.09. The van der Waals surface area contributed by atoms with Crippen LogP contribution in [0.2, 0.25) is 0 Å². The molecule has 2 atom stereocenters. The summed E-state index contributed by atoms with van der Waals surface area (Å²) in [7, 11) is 0. The van der Waals surface area contributed by atoms with Gasteiger partial charge in [-0.05, 0) is 19.4 Å². The maximum absolute atomic E-state index is 11.2. The molecule has 0 spiro atoms. The van der Waals surface area contributed by atoms with E-state index < -0.39 is 0 Å². The van der Waals surface area contributed by atoms with E-state index in [9.17, 15) is 4.79 Å². The largest absolute Gasteiger partial charge is 0.466 e. The zero-order valence-corrected chi connectivity index (χ0v) is 7.09. The van der Waals surface area contributed by atoms with Gasteiger partial charge < -0.3 is 10.1 Å². The fraction of sp³-hybridized carbons (Fsp3) is 0.875. The summed E-state index contributed by atoms with van der Waals surface area (Å²) in [5, 5.41) is 3.16. The van der Waals surface area contributed by atoms with Crippen LogP contribution in [0.1, 0.15) is 13.8 Å². The van der Waals surface area contributed by atoms with Crippen molar-refractivity contribution >= 4 is 5.97 Å². The second-order valence-corrected chi connectivity index (χ2v) is 2.99. The number of carbonyl (C=O) groups is 1. The minimum Gasteiger partial charge on any atom is -0.466 e. The first-order valence-corrected chi connectivity index (χ1v) is 4.13. The van der Waals surface area contributed by atoms with Crippen LogP contribution in [0.4, 0.5) is 0 Å². The Bertz CT molecular complexity index is 147. The molecule has 1 heterocycles. The van der Waals surface area contributed by atoms with Crippen molar-refractivity contribution in [2.75, 3.05) is 19.7 Å². The molecule has 0 aromatic carbocycles. The predicted molar refractivity (Wildman–Crippen MR) is 42.2 cm³/mol. The smallest absolute Gasteiger partial charge is 0.310 e. The number of hydrogen-bond acceptors (Lipinski definition) is 3. The molecule has 3 heteroatoms. The summed E-state index contributed by atoms with van der Waals surface area (Å²) in [5.41, 5.74) is 0. The maximum atomic E-state index is 11.2. The van der Waals surface area contributed by atoms with Gasteiger partial charge >= 0.3 is 5.97 Å². The van der Waals surface area contributed by atoms with E-state index in [0.29, 0.717) is 12.5 Å². The molecule has 0 aliphatic carbocycles. The van der Waals surface area contributed by atoms with Gasteiger partial charge in [-0.3, -0.25) is 4.79 Å². The Morgan fingerprint density at radius 1 is 1.64 bits per heavy atom. The lowest BCUT2D eigenvalue weighted by atomic mass is 9.99. The first-order chi connectivity index (χ1) is 5.25. The van der Waals surface area contributed by atoms with Crippen LogP contribution in [-0.4, -0.2) is 25.7 Å². The molecule has 0 bridgehead atoms. The standard InChI is InChI=1S/C8H15NO2/c1-3-11-8(10)7-5-9-4-6(7)2/h6-7,9H,3-5H2,1-2H3/t6-,7-/m1/s1. The van der Waals surface area contributed by atoms with Crippen molar-refractivity contribution in [1.29, 1.82) is 0 Å². The lowest BCUT2D eigenvalue weighted by Crippen LogP contribution is -2.23. The molecule has 0 unspecified atom stereocenters. The molecule has 64 valence electrons. The fourth-order valence-corrected chi connectivity index (χ4v) is 1.37. The van der Waals surface area contributed by atoms with Crippen molar-refractivity contribution < 1.29 is 9.53 Å². The molecule has 11 heavy (non-hydrogen) atoms. The minimum absolute atomic E-state index is 0.0509. The molecule has 0 aromatic heterocycles. The third-order valence-corrected chi connectivity index (χ3v) is 2.11. The van der Waals surface area contributed by atoms with Crippen LogP contribution in [0.25, 0.3) is 0 Å². The Labute approximate surface area is 67.1 Å². The van der Waals surface area contributed by atoms with Gasteiger partial charge in [0.1, 0.15) is 0 Å². The van der Waals surface area contributed by atoms with Crippen molar-refractivity contribution in [3.05, 3.63) is 0 Å². The van der Waals surface area contributed by atoms with Crippen molar-refractivity contribution in [2.45, 2.75) is 13.8 Å². The number of esters is 1. The third kappa shape index (κ3) is 1.93. The van der Waals surface area contributed by atoms with E-state index in [2.05, 4.69) is 12.2 Å². The second kappa shape index (κ2) is 3.72. The first kappa shape index (κ1) is 8.53. The molecule has 0 amide bonds. The molecule has 1 aliphatic heterocycles. The fourth-order valence-electron chi connectivity index (χ4n) is 1.37. The third-order valence-electron chi connectivity index (χ3n) is 2.11. The Morgan fingerprint density at radius 3 is 2.82 bits per heavy atom. The summed E-state index contributed by atoms with van der Waals surface area (Å²) in [6, 6.07) is 0.